The van der Waals surface area contributed by atoms with Crippen LogP contribution in [-0.4, -0.2) is 26.0 Å². The van der Waals surface area contributed by atoms with Crippen LogP contribution in [-0.2, 0) is 6.18 Å². The minimum Gasteiger partial charge on any atom is -0.508 e. The largest absolute Gasteiger partial charge is 0.508 e. The number of pyridine rings is 1. The van der Waals surface area contributed by atoms with Crippen LogP contribution in [0.25, 0.3) is 22.3 Å². The Morgan fingerprint density at radius 2 is 1.72 bits per heavy atom. The molecule has 1 atom stereocenters. The lowest BCUT2D eigenvalue weighted by atomic mass is 10.0. The summed E-state index contributed by atoms with van der Waals surface area (Å²) in [5.41, 5.74) is 0.930. The number of alkyl halides is 3. The Labute approximate surface area is 221 Å². The van der Waals surface area contributed by atoms with Gasteiger partial charge in [0.25, 0.3) is 5.91 Å². The Hall–Kier alpha value is -4.99. The molecule has 0 aliphatic heterocycles. The van der Waals surface area contributed by atoms with Crippen molar-refractivity contribution in [3.05, 3.63) is 108 Å². The fourth-order valence-corrected chi connectivity index (χ4v) is 4.24. The molecule has 0 saturated carbocycles. The van der Waals surface area contributed by atoms with Gasteiger partial charge in [0, 0.05) is 23.3 Å². The van der Waals surface area contributed by atoms with Crippen LogP contribution in [0.15, 0.2) is 91.3 Å². The van der Waals surface area contributed by atoms with Crippen molar-refractivity contribution in [3.63, 3.8) is 0 Å². The molecule has 0 saturated heterocycles. The van der Waals surface area contributed by atoms with Gasteiger partial charge in [-0.25, -0.2) is 9.97 Å². The molecule has 3 N–H and O–H groups in total. The predicted octanol–water partition coefficient (Wildman–Crippen LogP) is 6.65. The summed E-state index contributed by atoms with van der Waals surface area (Å²) in [6.45, 7) is 1.50. The van der Waals surface area contributed by atoms with Crippen LogP contribution < -0.4 is 10.6 Å². The molecule has 0 aliphatic carbocycles. The van der Waals surface area contributed by atoms with Gasteiger partial charge in [-0.05, 0) is 61.0 Å². The molecule has 5 rings (SSSR count). The summed E-state index contributed by atoms with van der Waals surface area (Å²) >= 11 is 0. The van der Waals surface area contributed by atoms with Crippen LogP contribution in [0, 0.1) is 0 Å². The number of carbonyl (C=O) groups is 1. The molecule has 0 radical (unpaired) electrons. The molecule has 2 heterocycles. The minimum atomic E-state index is -4.55. The highest BCUT2D eigenvalue weighted by Gasteiger charge is 2.34. The number of rotatable bonds is 6. The molecule has 7 nitrogen and oxygen atoms in total. The summed E-state index contributed by atoms with van der Waals surface area (Å²) in [6.07, 6.45) is -1.31. The molecule has 0 aliphatic rings. The second kappa shape index (κ2) is 10.4. The molecule has 0 spiro atoms. The molecule has 1 amide bonds. The fourth-order valence-electron chi connectivity index (χ4n) is 4.24. The van der Waals surface area contributed by atoms with Crippen LogP contribution in [0.1, 0.15) is 34.5 Å². The highest BCUT2D eigenvalue weighted by Crippen LogP contribution is 2.35. The number of amides is 1. The predicted molar refractivity (Wildman–Crippen MR) is 141 cm³/mol. The molecular weight excluding hydrogens is 507 g/mol. The topological polar surface area (TPSA) is 100 Å². The molecule has 5 aromatic rings. The summed E-state index contributed by atoms with van der Waals surface area (Å²) in [6, 6.07) is 19.0. The number of aromatic hydroxyl groups is 1. The van der Waals surface area contributed by atoms with E-state index in [1.807, 2.05) is 0 Å². The van der Waals surface area contributed by atoms with Gasteiger partial charge < -0.3 is 15.7 Å². The van der Waals surface area contributed by atoms with E-state index < -0.39 is 23.7 Å². The average Bonchev–Trinajstić information content (AvgIpc) is 2.93. The summed E-state index contributed by atoms with van der Waals surface area (Å²) in [5.74, 6) is 0.135. The van der Waals surface area contributed by atoms with Crippen molar-refractivity contribution < 1.29 is 23.1 Å². The summed E-state index contributed by atoms with van der Waals surface area (Å²) in [4.78, 5) is 26.6. The zero-order chi connectivity index (χ0) is 27.6. The van der Waals surface area contributed by atoms with Gasteiger partial charge >= 0.3 is 6.18 Å². The lowest BCUT2D eigenvalue weighted by Gasteiger charge is -2.20. The quantitative estimate of drug-likeness (QED) is 0.228. The standard InChI is InChI=1S/C29H22F3N5O2/c1-17(20-8-2-4-10-23(20)29(30,31)32)34-28(39)21-9-3-5-11-24(21)36-27-22-15-19(38)12-13-25(22)35-26(37-27)18-7-6-14-33-16-18/h2-17,38H,1H3,(H,34,39)(H,35,36,37). The number of halogens is 3. The monoisotopic (exact) mass is 529 g/mol. The lowest BCUT2D eigenvalue weighted by Crippen LogP contribution is -2.28. The number of phenolic OH excluding ortho intramolecular Hbond substituents is 1. The number of nitrogens with one attached hydrogen (secondary N) is 2. The highest BCUT2D eigenvalue weighted by atomic mass is 19.4. The molecular formula is C29H22F3N5O2. The second-order valence-electron chi connectivity index (χ2n) is 8.79. The third kappa shape index (κ3) is 5.49. The lowest BCUT2D eigenvalue weighted by molar-refractivity contribution is -0.138. The number of anilines is 2. The molecule has 39 heavy (non-hydrogen) atoms. The van der Waals surface area contributed by atoms with Crippen molar-refractivity contribution in [1.82, 2.24) is 20.3 Å². The number of hydrogen-bond acceptors (Lipinski definition) is 6. The summed E-state index contributed by atoms with van der Waals surface area (Å²) < 4.78 is 40.6. The maximum atomic E-state index is 13.5. The van der Waals surface area contributed by atoms with Crippen molar-refractivity contribution >= 4 is 28.3 Å². The molecule has 0 fully saturated rings. The number of carbonyl (C=O) groups excluding carboxylic acids is 1. The number of phenols is 1. The van der Waals surface area contributed by atoms with Gasteiger partial charge in [-0.1, -0.05) is 30.3 Å². The van der Waals surface area contributed by atoms with E-state index in [1.165, 1.54) is 37.3 Å². The number of aromatic nitrogens is 3. The molecule has 3 aromatic carbocycles. The van der Waals surface area contributed by atoms with Gasteiger partial charge in [-0.15, -0.1) is 0 Å². The zero-order valence-electron chi connectivity index (χ0n) is 20.6. The first kappa shape index (κ1) is 25.7. The van der Waals surface area contributed by atoms with E-state index in [0.29, 0.717) is 33.8 Å². The van der Waals surface area contributed by atoms with Crippen LogP contribution in [0.3, 0.4) is 0 Å². The highest BCUT2D eigenvalue weighted by molar-refractivity contribution is 6.02. The van der Waals surface area contributed by atoms with E-state index in [2.05, 4.69) is 25.6 Å². The first-order chi connectivity index (χ1) is 18.7. The SMILES string of the molecule is CC(NC(=O)c1ccccc1Nc1nc(-c2cccnc2)nc2ccc(O)cc12)c1ccccc1C(F)(F)F. The maximum absolute atomic E-state index is 13.5. The summed E-state index contributed by atoms with van der Waals surface area (Å²) in [5, 5.41) is 16.4. The van der Waals surface area contributed by atoms with Crippen LogP contribution in [0.2, 0.25) is 0 Å². The van der Waals surface area contributed by atoms with Crippen molar-refractivity contribution in [1.29, 1.82) is 0 Å². The van der Waals surface area contributed by atoms with Gasteiger partial charge in [-0.2, -0.15) is 13.2 Å². The Morgan fingerprint density at radius 1 is 0.949 bits per heavy atom. The van der Waals surface area contributed by atoms with E-state index in [4.69, 9.17) is 0 Å². The van der Waals surface area contributed by atoms with Crippen molar-refractivity contribution in [2.45, 2.75) is 19.1 Å². The van der Waals surface area contributed by atoms with Crippen LogP contribution in [0.5, 0.6) is 5.75 Å². The van der Waals surface area contributed by atoms with Gasteiger partial charge in [0.2, 0.25) is 0 Å². The van der Waals surface area contributed by atoms with Crippen molar-refractivity contribution in [2.24, 2.45) is 0 Å². The van der Waals surface area contributed by atoms with E-state index in [9.17, 15) is 23.1 Å². The number of fused-ring (bicyclic) bond motifs is 1. The first-order valence-corrected chi connectivity index (χ1v) is 11.9. The molecule has 2 aromatic heterocycles. The third-order valence-corrected chi connectivity index (χ3v) is 6.10. The minimum absolute atomic E-state index is 0.00598. The Morgan fingerprint density at radius 3 is 2.49 bits per heavy atom. The Balaban J connectivity index is 1.50. The van der Waals surface area contributed by atoms with Gasteiger partial charge in [-0.3, -0.25) is 9.78 Å². The fraction of sp³-hybridized carbons (Fsp3) is 0.103. The van der Waals surface area contributed by atoms with Crippen molar-refractivity contribution in [3.8, 4) is 17.1 Å². The van der Waals surface area contributed by atoms with E-state index in [1.54, 1.807) is 54.9 Å². The van der Waals surface area contributed by atoms with Crippen molar-refractivity contribution in [2.75, 3.05) is 5.32 Å². The molecule has 10 heteroatoms. The summed E-state index contributed by atoms with van der Waals surface area (Å²) in [7, 11) is 0. The van der Waals surface area contributed by atoms with E-state index in [-0.39, 0.29) is 16.9 Å². The van der Waals surface area contributed by atoms with Crippen LogP contribution >= 0.6 is 0 Å². The number of benzene rings is 3. The second-order valence-corrected chi connectivity index (χ2v) is 8.79. The molecule has 0 bridgehead atoms. The molecule has 1 unspecified atom stereocenters. The number of para-hydroxylation sites is 1. The van der Waals surface area contributed by atoms with Gasteiger partial charge in [0.05, 0.1) is 28.4 Å². The molecule has 196 valence electrons. The van der Waals surface area contributed by atoms with Gasteiger partial charge in [0.15, 0.2) is 5.82 Å². The third-order valence-electron chi connectivity index (χ3n) is 6.10. The first-order valence-electron chi connectivity index (χ1n) is 11.9. The Bertz CT molecular complexity index is 1660. The zero-order valence-corrected chi connectivity index (χ0v) is 20.6. The normalized spacial score (nSPS) is 12.2. The number of nitrogens with zero attached hydrogens (tertiary/aromatic N) is 3. The Kier molecular flexibility index (Phi) is 6.84. The van der Waals surface area contributed by atoms with E-state index in [0.717, 1.165) is 6.07 Å². The smallest absolute Gasteiger partial charge is 0.416 e. The maximum Gasteiger partial charge on any atom is 0.416 e. The van der Waals surface area contributed by atoms with Crippen LogP contribution in [0.4, 0.5) is 24.7 Å². The van der Waals surface area contributed by atoms with E-state index >= 15 is 0 Å². The number of hydrogen-bond donors (Lipinski definition) is 3. The average molecular weight is 530 g/mol. The van der Waals surface area contributed by atoms with Gasteiger partial charge in [0.1, 0.15) is 11.6 Å².